The number of carbonyl (C=O) groups is 1. The number of nitrogens with one attached hydrogen (secondary N) is 1. The first-order valence-electron chi connectivity index (χ1n) is 5.14. The smallest absolute Gasteiger partial charge is 0.183 e. The van der Waals surface area contributed by atoms with Crippen LogP contribution in [-0.2, 0) is 0 Å². The molecule has 16 heavy (non-hydrogen) atoms. The van der Waals surface area contributed by atoms with Crippen molar-refractivity contribution >= 4 is 34.0 Å². The van der Waals surface area contributed by atoms with E-state index >= 15 is 0 Å². The molecule has 0 radical (unpaired) electrons. The molecule has 0 unspecified atom stereocenters. The highest BCUT2D eigenvalue weighted by atomic mass is 32.2. The molecular formula is C11H14N2OS2. The second-order valence-corrected chi connectivity index (χ2v) is 6.37. The van der Waals surface area contributed by atoms with Crippen molar-refractivity contribution in [1.29, 1.82) is 5.41 Å². The highest BCUT2D eigenvalue weighted by molar-refractivity contribution is 8.14. The molecule has 0 saturated carbocycles. The molecule has 0 spiro atoms. The van der Waals surface area contributed by atoms with Crippen molar-refractivity contribution in [2.45, 2.75) is 13.8 Å². The Kier molecular flexibility index (Phi) is 3.35. The molecule has 0 aliphatic carbocycles. The summed E-state index contributed by atoms with van der Waals surface area (Å²) in [7, 11) is 0. The number of carbonyl (C=O) groups excluding carboxylic acids is 1. The fourth-order valence-electron chi connectivity index (χ4n) is 1.76. The Morgan fingerprint density at radius 3 is 2.81 bits per heavy atom. The molecular weight excluding hydrogens is 240 g/mol. The Hall–Kier alpha value is -0.810. The fraction of sp³-hybridized carbons (Fsp3) is 0.455. The maximum atomic E-state index is 12.0. The molecule has 1 saturated heterocycles. The lowest BCUT2D eigenvalue weighted by molar-refractivity contribution is 0.0966. The molecule has 0 bridgehead atoms. The normalized spacial score (nSPS) is 15.9. The van der Waals surface area contributed by atoms with Crippen LogP contribution in [0.4, 0.5) is 0 Å². The predicted molar refractivity (Wildman–Crippen MR) is 69.9 cm³/mol. The number of thioether (sulfide) groups is 1. The van der Waals surface area contributed by atoms with Crippen molar-refractivity contribution in [1.82, 2.24) is 4.90 Å². The monoisotopic (exact) mass is 254 g/mol. The third-order valence-electron chi connectivity index (χ3n) is 2.56. The second-order valence-electron chi connectivity index (χ2n) is 3.83. The van der Waals surface area contributed by atoms with Crippen LogP contribution in [-0.4, -0.2) is 34.7 Å². The van der Waals surface area contributed by atoms with Crippen molar-refractivity contribution < 1.29 is 4.79 Å². The number of thiophene rings is 1. The molecule has 3 nitrogen and oxygen atoms in total. The van der Waals surface area contributed by atoms with E-state index in [0.717, 1.165) is 22.7 Å². The van der Waals surface area contributed by atoms with Crippen LogP contribution in [0.3, 0.4) is 0 Å². The molecule has 0 amide bonds. The van der Waals surface area contributed by atoms with Crippen LogP contribution in [0.5, 0.6) is 0 Å². The van der Waals surface area contributed by atoms with E-state index in [0.29, 0.717) is 11.7 Å². The van der Waals surface area contributed by atoms with Gasteiger partial charge in [-0.25, -0.2) is 0 Å². The van der Waals surface area contributed by atoms with E-state index in [1.807, 2.05) is 24.8 Å². The van der Waals surface area contributed by atoms with Gasteiger partial charge < -0.3 is 4.90 Å². The van der Waals surface area contributed by atoms with E-state index in [9.17, 15) is 4.79 Å². The van der Waals surface area contributed by atoms with Gasteiger partial charge in [0.25, 0.3) is 0 Å². The van der Waals surface area contributed by atoms with Gasteiger partial charge in [-0.2, -0.15) is 0 Å². The van der Waals surface area contributed by atoms with Gasteiger partial charge in [0.1, 0.15) is 0 Å². The molecule has 1 aliphatic heterocycles. The summed E-state index contributed by atoms with van der Waals surface area (Å²) in [6.45, 7) is 5.16. The minimum atomic E-state index is 0.133. The summed E-state index contributed by atoms with van der Waals surface area (Å²) in [5, 5.41) is 8.19. The lowest BCUT2D eigenvalue weighted by Gasteiger charge is -2.15. The summed E-state index contributed by atoms with van der Waals surface area (Å²) in [6, 6.07) is 1.95. The van der Waals surface area contributed by atoms with Gasteiger partial charge in [-0.3, -0.25) is 10.2 Å². The Morgan fingerprint density at radius 2 is 2.31 bits per heavy atom. The lowest BCUT2D eigenvalue weighted by Crippen LogP contribution is -2.30. The first-order valence-corrected chi connectivity index (χ1v) is 6.94. The fourth-order valence-corrected chi connectivity index (χ4v) is 3.55. The van der Waals surface area contributed by atoms with E-state index in [-0.39, 0.29) is 5.78 Å². The summed E-state index contributed by atoms with van der Waals surface area (Å²) < 4.78 is 0. The van der Waals surface area contributed by atoms with Crippen LogP contribution in [0.2, 0.25) is 0 Å². The van der Waals surface area contributed by atoms with Crippen LogP contribution in [0.25, 0.3) is 0 Å². The zero-order chi connectivity index (χ0) is 11.7. The highest BCUT2D eigenvalue weighted by Gasteiger charge is 2.22. The van der Waals surface area contributed by atoms with Crippen LogP contribution in [0, 0.1) is 19.3 Å². The summed E-state index contributed by atoms with van der Waals surface area (Å²) in [5.41, 5.74) is 0.826. The van der Waals surface area contributed by atoms with Crippen molar-refractivity contribution in [2.24, 2.45) is 0 Å². The van der Waals surface area contributed by atoms with Gasteiger partial charge in [-0.05, 0) is 19.9 Å². The minimum Gasteiger partial charge on any atom is -0.343 e. The number of nitrogens with zero attached hydrogens (tertiary/aromatic N) is 1. The Bertz CT molecular complexity index is 439. The average molecular weight is 254 g/mol. The summed E-state index contributed by atoms with van der Waals surface area (Å²) in [5.74, 6) is 1.06. The average Bonchev–Trinajstić information content (AvgIpc) is 2.74. The molecule has 1 N–H and O–H groups in total. The second kappa shape index (κ2) is 4.59. The SMILES string of the molecule is Cc1cc(C(=O)CN2CCSC2=N)c(C)s1. The van der Waals surface area contributed by atoms with Gasteiger partial charge in [-0.15, -0.1) is 11.3 Å². The molecule has 1 aromatic heterocycles. The summed E-state index contributed by atoms with van der Waals surface area (Å²) in [4.78, 5) is 16.1. The largest absolute Gasteiger partial charge is 0.343 e. The molecule has 0 aromatic carbocycles. The lowest BCUT2D eigenvalue weighted by atomic mass is 10.1. The Balaban J connectivity index is 2.08. The van der Waals surface area contributed by atoms with Crippen molar-refractivity contribution in [3.05, 3.63) is 21.4 Å². The zero-order valence-corrected chi connectivity index (χ0v) is 11.0. The Labute approximate surface area is 103 Å². The molecule has 0 atom stereocenters. The highest BCUT2D eigenvalue weighted by Crippen LogP contribution is 2.22. The number of rotatable bonds is 3. The number of aryl methyl sites for hydroxylation is 2. The standard InChI is InChI=1S/C11H14N2OS2/c1-7-5-9(8(2)16-7)10(14)6-13-3-4-15-11(13)12/h5,12H,3-4,6H2,1-2H3. The molecule has 1 aliphatic rings. The van der Waals surface area contributed by atoms with Gasteiger partial charge >= 0.3 is 0 Å². The maximum absolute atomic E-state index is 12.0. The van der Waals surface area contributed by atoms with Gasteiger partial charge in [0.2, 0.25) is 0 Å². The molecule has 2 heterocycles. The molecule has 86 valence electrons. The first kappa shape index (κ1) is 11.7. The van der Waals surface area contributed by atoms with Crippen LogP contribution < -0.4 is 0 Å². The van der Waals surface area contributed by atoms with E-state index in [1.165, 1.54) is 16.6 Å². The number of ketones is 1. The van der Waals surface area contributed by atoms with Gasteiger partial charge in [0, 0.05) is 27.6 Å². The molecule has 1 fully saturated rings. The van der Waals surface area contributed by atoms with Crippen LogP contribution in [0.1, 0.15) is 20.1 Å². The zero-order valence-electron chi connectivity index (χ0n) is 9.37. The number of Topliss-reactive ketones (excluding diaryl/α,β-unsaturated/α-hetero) is 1. The third-order valence-corrected chi connectivity index (χ3v) is 4.45. The molecule has 2 rings (SSSR count). The minimum absolute atomic E-state index is 0.133. The number of hydrogen-bond acceptors (Lipinski definition) is 4. The van der Waals surface area contributed by atoms with E-state index in [4.69, 9.17) is 5.41 Å². The maximum Gasteiger partial charge on any atom is 0.183 e. The molecule has 1 aromatic rings. The van der Waals surface area contributed by atoms with Gasteiger partial charge in [0.05, 0.1) is 6.54 Å². The van der Waals surface area contributed by atoms with Crippen LogP contribution in [0.15, 0.2) is 6.07 Å². The predicted octanol–water partition coefficient (Wildman–Crippen LogP) is 2.53. The summed E-state index contributed by atoms with van der Waals surface area (Å²) in [6.07, 6.45) is 0. The van der Waals surface area contributed by atoms with Gasteiger partial charge in [-0.1, -0.05) is 11.8 Å². The molecule has 5 heteroatoms. The quantitative estimate of drug-likeness (QED) is 0.843. The Morgan fingerprint density at radius 1 is 1.56 bits per heavy atom. The topological polar surface area (TPSA) is 44.2 Å². The third kappa shape index (κ3) is 2.30. The van der Waals surface area contributed by atoms with E-state index in [1.54, 1.807) is 11.3 Å². The van der Waals surface area contributed by atoms with Gasteiger partial charge in [0.15, 0.2) is 11.0 Å². The van der Waals surface area contributed by atoms with Crippen LogP contribution >= 0.6 is 23.1 Å². The first-order chi connectivity index (χ1) is 7.58. The van der Waals surface area contributed by atoms with E-state index in [2.05, 4.69) is 0 Å². The van der Waals surface area contributed by atoms with Crippen molar-refractivity contribution in [2.75, 3.05) is 18.8 Å². The van der Waals surface area contributed by atoms with Crippen molar-refractivity contribution in [3.63, 3.8) is 0 Å². The number of amidine groups is 1. The van der Waals surface area contributed by atoms with E-state index < -0.39 is 0 Å². The van der Waals surface area contributed by atoms with Crippen molar-refractivity contribution in [3.8, 4) is 0 Å². The number of hydrogen-bond donors (Lipinski definition) is 1. The summed E-state index contributed by atoms with van der Waals surface area (Å²) >= 11 is 3.17.